The molecule has 102 valence electrons. The number of amides is 1. The van der Waals surface area contributed by atoms with Gasteiger partial charge in [0.25, 0.3) is 0 Å². The lowest BCUT2D eigenvalue weighted by molar-refractivity contribution is -0.130. The Balaban J connectivity index is 1.57. The molecule has 1 aliphatic heterocycles. The minimum atomic E-state index is 0.289. The third-order valence-electron chi connectivity index (χ3n) is 3.35. The fourth-order valence-electron chi connectivity index (χ4n) is 2.26. The Labute approximate surface area is 115 Å². The van der Waals surface area contributed by atoms with Gasteiger partial charge in [0, 0.05) is 32.6 Å². The van der Waals surface area contributed by atoms with Gasteiger partial charge < -0.3 is 10.2 Å². The van der Waals surface area contributed by atoms with Crippen molar-refractivity contribution in [3.05, 3.63) is 42.0 Å². The molecule has 0 aromatic heterocycles. The average molecular weight is 258 g/mol. The maximum atomic E-state index is 11.8. The van der Waals surface area contributed by atoms with Crippen LogP contribution in [0.15, 0.2) is 36.4 Å². The summed E-state index contributed by atoms with van der Waals surface area (Å²) in [6, 6.07) is 10.2. The molecule has 1 heterocycles. The number of nitrogens with zero attached hydrogens (tertiary/aromatic N) is 1. The first-order chi connectivity index (χ1) is 9.36. The monoisotopic (exact) mass is 258 g/mol. The van der Waals surface area contributed by atoms with Crippen LogP contribution >= 0.6 is 0 Å². The number of hydrogen-bond acceptors (Lipinski definition) is 2. The first-order valence-corrected chi connectivity index (χ1v) is 7.06. The van der Waals surface area contributed by atoms with Gasteiger partial charge >= 0.3 is 0 Å². The Morgan fingerprint density at radius 2 is 1.95 bits per heavy atom. The van der Waals surface area contributed by atoms with Gasteiger partial charge in [-0.2, -0.15) is 0 Å². The van der Waals surface area contributed by atoms with Gasteiger partial charge in [0.15, 0.2) is 0 Å². The average Bonchev–Trinajstić information content (AvgIpc) is 2.98. The van der Waals surface area contributed by atoms with E-state index >= 15 is 0 Å². The molecular formula is C16H22N2O. The molecule has 19 heavy (non-hydrogen) atoms. The van der Waals surface area contributed by atoms with Gasteiger partial charge in [0.05, 0.1) is 0 Å². The summed E-state index contributed by atoms with van der Waals surface area (Å²) >= 11 is 0. The van der Waals surface area contributed by atoms with Crippen LogP contribution in [-0.4, -0.2) is 37.0 Å². The van der Waals surface area contributed by atoms with Crippen molar-refractivity contribution in [1.29, 1.82) is 0 Å². The van der Waals surface area contributed by atoms with Gasteiger partial charge in [0.1, 0.15) is 0 Å². The molecule has 3 nitrogen and oxygen atoms in total. The van der Waals surface area contributed by atoms with Crippen molar-refractivity contribution >= 4 is 12.0 Å². The van der Waals surface area contributed by atoms with Gasteiger partial charge in [-0.3, -0.25) is 4.79 Å². The van der Waals surface area contributed by atoms with Crippen LogP contribution in [0.25, 0.3) is 6.08 Å². The molecule has 0 aliphatic carbocycles. The predicted molar refractivity (Wildman–Crippen MR) is 78.8 cm³/mol. The molecule has 1 N–H and O–H groups in total. The summed E-state index contributed by atoms with van der Waals surface area (Å²) in [5, 5.41) is 3.28. The second kappa shape index (κ2) is 7.74. The lowest BCUT2D eigenvalue weighted by atomic mass is 10.2. The standard InChI is InChI=1S/C16H22N2O/c19-16(18-13-4-5-14-18)10-12-17-11-6-9-15-7-2-1-3-8-15/h1-3,6-9,17H,4-5,10-14H2/b9-6+. The van der Waals surface area contributed by atoms with E-state index in [-0.39, 0.29) is 5.91 Å². The van der Waals surface area contributed by atoms with Gasteiger partial charge in [-0.25, -0.2) is 0 Å². The molecule has 0 atom stereocenters. The Morgan fingerprint density at radius 1 is 1.21 bits per heavy atom. The summed E-state index contributed by atoms with van der Waals surface area (Å²) in [6.07, 6.45) is 7.13. The molecule has 1 amide bonds. The number of carbonyl (C=O) groups excluding carboxylic acids is 1. The summed E-state index contributed by atoms with van der Waals surface area (Å²) < 4.78 is 0. The van der Waals surface area contributed by atoms with E-state index in [9.17, 15) is 4.79 Å². The van der Waals surface area contributed by atoms with Gasteiger partial charge in [0.2, 0.25) is 5.91 Å². The third kappa shape index (κ3) is 4.87. The van der Waals surface area contributed by atoms with E-state index in [1.165, 1.54) is 18.4 Å². The van der Waals surface area contributed by atoms with Crippen LogP contribution in [0.2, 0.25) is 0 Å². The fraction of sp³-hybridized carbons (Fsp3) is 0.438. The molecule has 0 spiro atoms. The Morgan fingerprint density at radius 3 is 2.68 bits per heavy atom. The first-order valence-electron chi connectivity index (χ1n) is 7.06. The lowest BCUT2D eigenvalue weighted by Crippen LogP contribution is -2.30. The van der Waals surface area contributed by atoms with E-state index in [2.05, 4.69) is 29.6 Å². The van der Waals surface area contributed by atoms with Gasteiger partial charge in [-0.05, 0) is 18.4 Å². The van der Waals surface area contributed by atoms with E-state index in [0.29, 0.717) is 6.42 Å². The number of benzene rings is 1. The molecule has 3 heteroatoms. The topological polar surface area (TPSA) is 32.3 Å². The molecule has 1 aliphatic rings. The highest BCUT2D eigenvalue weighted by Crippen LogP contribution is 2.08. The SMILES string of the molecule is O=C(CCNC/C=C/c1ccccc1)N1CCCC1. The minimum absolute atomic E-state index is 0.289. The van der Waals surface area contributed by atoms with Crippen LogP contribution in [0.3, 0.4) is 0 Å². The van der Waals surface area contributed by atoms with Crippen LogP contribution in [0, 0.1) is 0 Å². The van der Waals surface area contributed by atoms with E-state index < -0.39 is 0 Å². The van der Waals surface area contributed by atoms with Gasteiger partial charge in [-0.1, -0.05) is 42.5 Å². The maximum absolute atomic E-state index is 11.8. The number of likely N-dealkylation sites (tertiary alicyclic amines) is 1. The van der Waals surface area contributed by atoms with Crippen molar-refractivity contribution in [1.82, 2.24) is 10.2 Å². The molecule has 1 saturated heterocycles. The van der Waals surface area contributed by atoms with Crippen molar-refractivity contribution in [3.63, 3.8) is 0 Å². The highest BCUT2D eigenvalue weighted by Gasteiger charge is 2.16. The molecule has 0 radical (unpaired) electrons. The predicted octanol–water partition coefficient (Wildman–Crippen LogP) is 2.30. The highest BCUT2D eigenvalue weighted by molar-refractivity contribution is 5.76. The zero-order valence-electron chi connectivity index (χ0n) is 11.3. The van der Waals surface area contributed by atoms with E-state index in [1.807, 2.05) is 23.1 Å². The summed E-state index contributed by atoms with van der Waals surface area (Å²) in [5.74, 6) is 0.289. The molecule has 1 fully saturated rings. The van der Waals surface area contributed by atoms with Crippen molar-refractivity contribution in [2.45, 2.75) is 19.3 Å². The van der Waals surface area contributed by atoms with Crippen LogP contribution in [0.5, 0.6) is 0 Å². The number of nitrogens with one attached hydrogen (secondary N) is 1. The molecular weight excluding hydrogens is 236 g/mol. The van der Waals surface area contributed by atoms with Gasteiger partial charge in [-0.15, -0.1) is 0 Å². The van der Waals surface area contributed by atoms with E-state index in [1.54, 1.807) is 0 Å². The summed E-state index contributed by atoms with van der Waals surface area (Å²) in [4.78, 5) is 13.7. The first kappa shape index (κ1) is 13.8. The Hall–Kier alpha value is -1.61. The van der Waals surface area contributed by atoms with E-state index in [0.717, 1.165) is 26.2 Å². The van der Waals surface area contributed by atoms with Crippen molar-refractivity contribution in [2.24, 2.45) is 0 Å². The Kier molecular flexibility index (Phi) is 5.63. The fourth-order valence-corrected chi connectivity index (χ4v) is 2.26. The molecule has 1 aromatic carbocycles. The summed E-state index contributed by atoms with van der Waals surface area (Å²) in [6.45, 7) is 3.47. The molecule has 0 bridgehead atoms. The van der Waals surface area contributed by atoms with Crippen molar-refractivity contribution in [2.75, 3.05) is 26.2 Å². The summed E-state index contributed by atoms with van der Waals surface area (Å²) in [5.41, 5.74) is 1.21. The van der Waals surface area contributed by atoms with Crippen molar-refractivity contribution in [3.8, 4) is 0 Å². The number of carbonyl (C=O) groups is 1. The van der Waals surface area contributed by atoms with Crippen LogP contribution in [-0.2, 0) is 4.79 Å². The lowest BCUT2D eigenvalue weighted by Gasteiger charge is -2.14. The quantitative estimate of drug-likeness (QED) is 0.794. The zero-order valence-corrected chi connectivity index (χ0v) is 11.3. The highest BCUT2D eigenvalue weighted by atomic mass is 16.2. The molecule has 1 aromatic rings. The smallest absolute Gasteiger partial charge is 0.223 e. The number of hydrogen-bond donors (Lipinski definition) is 1. The second-order valence-electron chi connectivity index (χ2n) is 4.86. The minimum Gasteiger partial charge on any atom is -0.343 e. The third-order valence-corrected chi connectivity index (χ3v) is 3.35. The zero-order chi connectivity index (χ0) is 13.3. The summed E-state index contributed by atoms with van der Waals surface area (Å²) in [7, 11) is 0. The largest absolute Gasteiger partial charge is 0.343 e. The van der Waals surface area contributed by atoms with Crippen molar-refractivity contribution < 1.29 is 4.79 Å². The maximum Gasteiger partial charge on any atom is 0.223 e. The van der Waals surface area contributed by atoms with E-state index in [4.69, 9.17) is 0 Å². The number of rotatable bonds is 6. The van der Waals surface area contributed by atoms with Crippen LogP contribution in [0.4, 0.5) is 0 Å². The van der Waals surface area contributed by atoms with Crippen LogP contribution < -0.4 is 5.32 Å². The molecule has 0 unspecified atom stereocenters. The van der Waals surface area contributed by atoms with Crippen LogP contribution in [0.1, 0.15) is 24.8 Å². The normalized spacial score (nSPS) is 15.3. The Bertz CT molecular complexity index is 408. The molecule has 2 rings (SSSR count). The second-order valence-corrected chi connectivity index (χ2v) is 4.86. The molecule has 0 saturated carbocycles.